The van der Waals surface area contributed by atoms with Crippen LogP contribution >= 0.6 is 11.3 Å². The van der Waals surface area contributed by atoms with Gasteiger partial charge in [-0.1, -0.05) is 120 Å². The van der Waals surface area contributed by atoms with E-state index < -0.39 is 0 Å². The van der Waals surface area contributed by atoms with Crippen molar-refractivity contribution in [3.63, 3.8) is 0 Å². The maximum atomic E-state index is 2.56. The van der Waals surface area contributed by atoms with Crippen molar-refractivity contribution < 1.29 is 0 Å². The predicted molar refractivity (Wildman–Crippen MR) is 231 cm³/mol. The number of anilines is 6. The van der Waals surface area contributed by atoms with E-state index in [-0.39, 0.29) is 16.2 Å². The Kier molecular flexibility index (Phi) is 6.33. The van der Waals surface area contributed by atoms with Gasteiger partial charge in [-0.15, -0.1) is 11.3 Å². The van der Waals surface area contributed by atoms with Crippen molar-refractivity contribution in [1.82, 2.24) is 0 Å². The third kappa shape index (κ3) is 4.06. The van der Waals surface area contributed by atoms with E-state index in [1.807, 2.05) is 11.3 Å². The highest BCUT2D eigenvalue weighted by molar-refractivity contribution is 7.25. The molecular formula is C51H42N2S. The van der Waals surface area contributed by atoms with E-state index in [2.05, 4.69) is 197 Å². The molecule has 1 aromatic heterocycles. The van der Waals surface area contributed by atoms with E-state index in [9.17, 15) is 0 Å². The summed E-state index contributed by atoms with van der Waals surface area (Å²) in [5.41, 5.74) is 17.8. The molecule has 0 spiro atoms. The molecule has 0 N–H and O–H groups in total. The molecule has 7 aromatic carbocycles. The topological polar surface area (TPSA) is 6.48 Å². The monoisotopic (exact) mass is 714 g/mol. The zero-order chi connectivity index (χ0) is 36.7. The Balaban J connectivity index is 1.19. The van der Waals surface area contributed by atoms with Crippen LogP contribution in [0.2, 0.25) is 0 Å². The van der Waals surface area contributed by atoms with Gasteiger partial charge in [0.15, 0.2) is 0 Å². The molecule has 0 fully saturated rings. The minimum absolute atomic E-state index is 0.0971. The number of hydrogen-bond donors (Lipinski definition) is 0. The molecular weight excluding hydrogens is 673 g/mol. The first-order valence-electron chi connectivity index (χ1n) is 19.2. The van der Waals surface area contributed by atoms with Gasteiger partial charge < -0.3 is 9.80 Å². The number of nitrogens with zero attached hydrogens (tertiary/aromatic N) is 2. The van der Waals surface area contributed by atoms with E-state index in [0.29, 0.717) is 0 Å². The molecule has 2 nitrogen and oxygen atoms in total. The summed E-state index contributed by atoms with van der Waals surface area (Å²) in [6.45, 7) is 14.5. The van der Waals surface area contributed by atoms with Crippen molar-refractivity contribution in [3.8, 4) is 11.1 Å². The maximum Gasteiger partial charge on any atom is 0.0509 e. The molecule has 262 valence electrons. The van der Waals surface area contributed by atoms with Crippen molar-refractivity contribution in [2.24, 2.45) is 0 Å². The molecule has 54 heavy (non-hydrogen) atoms. The molecule has 11 rings (SSSR count). The highest BCUT2D eigenvalue weighted by Gasteiger charge is 2.44. The molecule has 0 unspecified atom stereocenters. The Labute approximate surface area is 322 Å². The van der Waals surface area contributed by atoms with E-state index in [1.54, 1.807) is 0 Å². The van der Waals surface area contributed by atoms with Crippen LogP contribution in [0.4, 0.5) is 34.1 Å². The second-order valence-electron chi connectivity index (χ2n) is 17.0. The van der Waals surface area contributed by atoms with Crippen molar-refractivity contribution >= 4 is 65.6 Å². The van der Waals surface area contributed by atoms with Crippen LogP contribution in [0.3, 0.4) is 0 Å². The summed E-state index contributed by atoms with van der Waals surface area (Å²) in [7, 11) is 0. The Bertz CT molecular complexity index is 2870. The third-order valence-corrected chi connectivity index (χ3v) is 14.1. The molecule has 3 heterocycles. The number of fused-ring (bicyclic) bond motifs is 11. The molecule has 0 atom stereocenters. The molecule has 8 aromatic rings. The van der Waals surface area contributed by atoms with E-state index in [0.717, 1.165) is 0 Å². The first-order chi connectivity index (χ1) is 26.1. The first kappa shape index (κ1) is 31.8. The van der Waals surface area contributed by atoms with Crippen LogP contribution in [0, 0.1) is 0 Å². The van der Waals surface area contributed by atoms with Gasteiger partial charge in [0, 0.05) is 47.8 Å². The summed E-state index contributed by atoms with van der Waals surface area (Å²) in [6.07, 6.45) is 0. The number of hydrogen-bond acceptors (Lipinski definition) is 3. The van der Waals surface area contributed by atoms with Crippen LogP contribution in [0.1, 0.15) is 74.9 Å². The van der Waals surface area contributed by atoms with Crippen LogP contribution < -0.4 is 9.80 Å². The lowest BCUT2D eigenvalue weighted by Crippen LogP contribution is -2.33. The van der Waals surface area contributed by atoms with E-state index in [1.165, 1.54) is 98.8 Å². The second-order valence-corrected chi connectivity index (χ2v) is 18.1. The molecule has 0 amide bonds. The van der Waals surface area contributed by atoms with Gasteiger partial charge in [-0.2, -0.15) is 0 Å². The van der Waals surface area contributed by atoms with Gasteiger partial charge in [0.05, 0.1) is 22.7 Å². The molecule has 1 aliphatic carbocycles. The molecule has 0 saturated heterocycles. The largest absolute Gasteiger partial charge is 0.310 e. The average molecular weight is 715 g/mol. The number of thiophene rings is 1. The average Bonchev–Trinajstić information content (AvgIpc) is 3.67. The Morgan fingerprint density at radius 3 is 1.85 bits per heavy atom. The zero-order valence-corrected chi connectivity index (χ0v) is 32.5. The Hall–Kier alpha value is -5.64. The fraction of sp³-hybridized carbons (Fsp3) is 0.176. The molecule has 3 aliphatic rings. The van der Waals surface area contributed by atoms with Crippen molar-refractivity contribution in [1.29, 1.82) is 0 Å². The van der Waals surface area contributed by atoms with Crippen LogP contribution in [-0.4, -0.2) is 0 Å². The summed E-state index contributed by atoms with van der Waals surface area (Å²) < 4.78 is 2.68. The highest BCUT2D eigenvalue weighted by Crippen LogP contribution is 2.60. The molecule has 2 aliphatic heterocycles. The normalized spacial score (nSPS) is 16.7. The molecule has 0 bridgehead atoms. The number of benzene rings is 7. The fourth-order valence-electron chi connectivity index (χ4n) is 10.3. The van der Waals surface area contributed by atoms with Gasteiger partial charge >= 0.3 is 0 Å². The van der Waals surface area contributed by atoms with Crippen LogP contribution in [0.25, 0.3) is 31.3 Å². The number of rotatable bonds is 2. The lowest BCUT2D eigenvalue weighted by Gasteiger charge is -2.45. The summed E-state index contributed by atoms with van der Waals surface area (Å²) in [6, 6.07) is 54.9. The summed E-state index contributed by atoms with van der Waals surface area (Å²) >= 11 is 1.90. The smallest absolute Gasteiger partial charge is 0.0509 e. The fourth-order valence-corrected chi connectivity index (χ4v) is 11.4. The second kappa shape index (κ2) is 10.7. The maximum absolute atomic E-state index is 2.56. The van der Waals surface area contributed by atoms with Gasteiger partial charge in [0.1, 0.15) is 0 Å². The standard InChI is InChI=1S/C51H42N2S/c1-49(2)36-20-12-10-18-33(36)35-29-40-44(30-38(35)49)53(41-22-14-13-21-37(41)50(40,3)4)32-24-25-42-39(28-32)51(5,6)48-43(52(42)31-16-8-7-9-17-31)26-27-46-47(48)34-19-11-15-23-45(34)54-46/h7-30H,1-6H3. The van der Waals surface area contributed by atoms with Gasteiger partial charge in [-0.05, 0) is 111 Å². The number of para-hydroxylation sites is 2. The van der Waals surface area contributed by atoms with E-state index in [4.69, 9.17) is 0 Å². The minimum Gasteiger partial charge on any atom is -0.310 e. The molecule has 0 saturated carbocycles. The van der Waals surface area contributed by atoms with Crippen molar-refractivity contribution in [2.45, 2.75) is 57.8 Å². The zero-order valence-electron chi connectivity index (χ0n) is 31.7. The molecule has 3 heteroatoms. The Morgan fingerprint density at radius 2 is 1.02 bits per heavy atom. The van der Waals surface area contributed by atoms with Gasteiger partial charge in [-0.25, -0.2) is 0 Å². The Morgan fingerprint density at radius 1 is 0.389 bits per heavy atom. The third-order valence-electron chi connectivity index (χ3n) is 13.0. The van der Waals surface area contributed by atoms with Crippen LogP contribution in [0.15, 0.2) is 146 Å². The minimum atomic E-state index is -0.283. The van der Waals surface area contributed by atoms with Crippen LogP contribution in [0.5, 0.6) is 0 Å². The van der Waals surface area contributed by atoms with Gasteiger partial charge in [0.25, 0.3) is 0 Å². The molecule has 0 radical (unpaired) electrons. The first-order valence-corrected chi connectivity index (χ1v) is 20.0. The summed E-state index contributed by atoms with van der Waals surface area (Å²) in [5, 5.41) is 2.72. The predicted octanol–water partition coefficient (Wildman–Crippen LogP) is 14.6. The van der Waals surface area contributed by atoms with E-state index >= 15 is 0 Å². The van der Waals surface area contributed by atoms with Gasteiger partial charge in [0.2, 0.25) is 0 Å². The van der Waals surface area contributed by atoms with Gasteiger partial charge in [-0.3, -0.25) is 0 Å². The van der Waals surface area contributed by atoms with Crippen molar-refractivity contribution in [2.75, 3.05) is 9.80 Å². The summed E-state index contributed by atoms with van der Waals surface area (Å²) in [5.74, 6) is 0. The van der Waals surface area contributed by atoms with Crippen molar-refractivity contribution in [3.05, 3.63) is 179 Å². The van der Waals surface area contributed by atoms with Crippen LogP contribution in [-0.2, 0) is 16.2 Å². The lowest BCUT2D eigenvalue weighted by molar-refractivity contribution is 0.626. The lowest BCUT2D eigenvalue weighted by atomic mass is 9.71. The quantitative estimate of drug-likeness (QED) is 0.176. The SMILES string of the molecule is CC1(C)c2ccccc2-c2cc3c(cc21)N(c1ccc2c(c1)C(C)(C)c1c(ccc4sc5ccccc5c14)N2c1ccccc1)c1ccccc1C3(C)C. The summed E-state index contributed by atoms with van der Waals surface area (Å²) in [4.78, 5) is 5.06. The highest BCUT2D eigenvalue weighted by atomic mass is 32.1.